The second-order valence-corrected chi connectivity index (χ2v) is 5.37. The first-order valence-electron chi connectivity index (χ1n) is 7.29. The summed E-state index contributed by atoms with van der Waals surface area (Å²) < 4.78 is 25.4. The zero-order valence-electron chi connectivity index (χ0n) is 12.5. The van der Waals surface area contributed by atoms with Crippen LogP contribution in [0.1, 0.15) is 44.2 Å². The average molecular weight is 281 g/mol. The van der Waals surface area contributed by atoms with Crippen LogP contribution in [0.3, 0.4) is 0 Å². The molecule has 112 valence electrons. The van der Waals surface area contributed by atoms with E-state index in [0.717, 1.165) is 32.2 Å². The fourth-order valence-corrected chi connectivity index (χ4v) is 2.91. The molecule has 1 aliphatic carbocycles. The lowest BCUT2D eigenvalue weighted by atomic mass is 9.72. The molecule has 0 radical (unpaired) electrons. The Kier molecular flexibility index (Phi) is 5.00. The van der Waals surface area contributed by atoms with Gasteiger partial charge in [-0.25, -0.2) is 4.39 Å². The van der Waals surface area contributed by atoms with Gasteiger partial charge in [0, 0.05) is 12.7 Å². The van der Waals surface area contributed by atoms with Crippen LogP contribution >= 0.6 is 0 Å². The summed E-state index contributed by atoms with van der Waals surface area (Å²) in [7, 11) is 3.21. The van der Waals surface area contributed by atoms with Crippen molar-refractivity contribution in [1.82, 2.24) is 5.32 Å². The van der Waals surface area contributed by atoms with E-state index in [1.807, 2.05) is 12.1 Å². The first-order chi connectivity index (χ1) is 9.68. The molecule has 1 atom stereocenters. The van der Waals surface area contributed by atoms with Crippen LogP contribution in [-0.4, -0.2) is 26.4 Å². The predicted octanol–water partition coefficient (Wildman–Crippen LogP) is 3.44. The number of methoxy groups -OCH3 is 2. The molecular formula is C16H24FNO2. The maximum Gasteiger partial charge on any atom is 0.169 e. The quantitative estimate of drug-likeness (QED) is 0.830. The molecule has 0 heterocycles. The van der Waals surface area contributed by atoms with Gasteiger partial charge in [0.25, 0.3) is 0 Å². The third-order valence-corrected chi connectivity index (χ3v) is 4.26. The van der Waals surface area contributed by atoms with Gasteiger partial charge in [-0.3, -0.25) is 0 Å². The largest absolute Gasteiger partial charge is 0.494 e. The minimum atomic E-state index is -0.289. The number of hydrogen-bond donors (Lipinski definition) is 1. The molecule has 4 heteroatoms. The van der Waals surface area contributed by atoms with Crippen molar-refractivity contribution in [3.05, 3.63) is 29.6 Å². The Balaban J connectivity index is 2.36. The molecule has 0 aliphatic heterocycles. The van der Waals surface area contributed by atoms with Gasteiger partial charge in [-0.1, -0.05) is 19.1 Å². The second kappa shape index (κ2) is 6.55. The fourth-order valence-electron chi connectivity index (χ4n) is 2.91. The highest BCUT2D eigenvalue weighted by atomic mass is 19.1. The van der Waals surface area contributed by atoms with Gasteiger partial charge in [0.05, 0.1) is 18.8 Å². The Labute approximate surface area is 120 Å². The normalized spacial score (nSPS) is 18.4. The smallest absolute Gasteiger partial charge is 0.169 e. The summed E-state index contributed by atoms with van der Waals surface area (Å²) >= 11 is 0. The summed E-state index contributed by atoms with van der Waals surface area (Å²) in [5.74, 6) is 0.00306. The van der Waals surface area contributed by atoms with Gasteiger partial charge >= 0.3 is 0 Å². The minimum Gasteiger partial charge on any atom is -0.494 e. The van der Waals surface area contributed by atoms with Crippen LogP contribution in [0.2, 0.25) is 0 Å². The van der Waals surface area contributed by atoms with Gasteiger partial charge in [-0.05, 0) is 38.3 Å². The molecule has 1 fully saturated rings. The van der Waals surface area contributed by atoms with Crippen LogP contribution in [0.5, 0.6) is 5.75 Å². The Morgan fingerprint density at radius 2 is 2.10 bits per heavy atom. The van der Waals surface area contributed by atoms with Crippen molar-refractivity contribution < 1.29 is 13.9 Å². The van der Waals surface area contributed by atoms with Crippen LogP contribution in [0.15, 0.2) is 18.2 Å². The second-order valence-electron chi connectivity index (χ2n) is 5.37. The minimum absolute atomic E-state index is 0.128. The lowest BCUT2D eigenvalue weighted by Gasteiger charge is -2.47. The lowest BCUT2D eigenvalue weighted by Crippen LogP contribution is -2.51. The molecule has 1 saturated carbocycles. The van der Waals surface area contributed by atoms with Crippen LogP contribution < -0.4 is 10.1 Å². The van der Waals surface area contributed by atoms with Gasteiger partial charge in [-0.15, -0.1) is 0 Å². The van der Waals surface area contributed by atoms with Crippen molar-refractivity contribution in [3.63, 3.8) is 0 Å². The SMILES string of the molecule is CCCNC(c1cccc(OC)c1F)C1(OC)CCC1. The third-order valence-electron chi connectivity index (χ3n) is 4.26. The standard InChI is InChI=1S/C16H24FNO2/c1-4-11-18-15(16(20-3)9-6-10-16)12-7-5-8-13(19-2)14(12)17/h5,7-8,15,18H,4,6,9-11H2,1-3H3. The van der Waals surface area contributed by atoms with Gasteiger partial charge in [-0.2, -0.15) is 0 Å². The zero-order chi connectivity index (χ0) is 14.6. The van der Waals surface area contributed by atoms with Crippen molar-refractivity contribution >= 4 is 0 Å². The van der Waals surface area contributed by atoms with E-state index in [9.17, 15) is 4.39 Å². The summed E-state index contributed by atoms with van der Waals surface area (Å²) in [5, 5.41) is 3.45. The summed E-state index contributed by atoms with van der Waals surface area (Å²) in [6.07, 6.45) is 4.05. The molecule has 0 aromatic heterocycles. The maximum absolute atomic E-state index is 14.6. The summed E-state index contributed by atoms with van der Waals surface area (Å²) in [6.45, 7) is 2.94. The fraction of sp³-hybridized carbons (Fsp3) is 0.625. The molecule has 1 aliphatic rings. The van der Waals surface area contributed by atoms with E-state index in [-0.39, 0.29) is 23.2 Å². The van der Waals surface area contributed by atoms with Gasteiger partial charge in [0.15, 0.2) is 11.6 Å². The Hall–Kier alpha value is -1.13. The molecule has 0 spiro atoms. The summed E-state index contributed by atoms with van der Waals surface area (Å²) in [4.78, 5) is 0. The first kappa shape index (κ1) is 15.3. The predicted molar refractivity (Wildman–Crippen MR) is 77.6 cm³/mol. The monoisotopic (exact) mass is 281 g/mol. The van der Waals surface area contributed by atoms with Crippen molar-refractivity contribution in [2.45, 2.75) is 44.2 Å². The van der Waals surface area contributed by atoms with E-state index < -0.39 is 0 Å². The van der Waals surface area contributed by atoms with E-state index in [1.54, 1.807) is 13.2 Å². The molecule has 3 nitrogen and oxygen atoms in total. The topological polar surface area (TPSA) is 30.5 Å². The van der Waals surface area contributed by atoms with Crippen LogP contribution in [-0.2, 0) is 4.74 Å². The van der Waals surface area contributed by atoms with E-state index in [2.05, 4.69) is 12.2 Å². The number of rotatable bonds is 7. The summed E-state index contributed by atoms with van der Waals surface area (Å²) in [6, 6.07) is 5.18. The van der Waals surface area contributed by atoms with E-state index in [4.69, 9.17) is 9.47 Å². The van der Waals surface area contributed by atoms with Gasteiger partial charge in [0.1, 0.15) is 0 Å². The lowest BCUT2D eigenvalue weighted by molar-refractivity contribution is -0.100. The van der Waals surface area contributed by atoms with Crippen LogP contribution in [0, 0.1) is 5.82 Å². The zero-order valence-corrected chi connectivity index (χ0v) is 12.5. The Morgan fingerprint density at radius 1 is 1.35 bits per heavy atom. The molecule has 20 heavy (non-hydrogen) atoms. The molecular weight excluding hydrogens is 257 g/mol. The molecule has 1 N–H and O–H groups in total. The first-order valence-corrected chi connectivity index (χ1v) is 7.29. The van der Waals surface area contributed by atoms with Crippen LogP contribution in [0.4, 0.5) is 4.39 Å². The maximum atomic E-state index is 14.6. The van der Waals surface area contributed by atoms with E-state index >= 15 is 0 Å². The highest BCUT2D eigenvalue weighted by molar-refractivity contribution is 5.35. The van der Waals surface area contributed by atoms with Gasteiger partial charge in [0.2, 0.25) is 0 Å². The molecule has 0 saturated heterocycles. The van der Waals surface area contributed by atoms with Crippen molar-refractivity contribution in [1.29, 1.82) is 0 Å². The van der Waals surface area contributed by atoms with E-state index in [1.165, 1.54) is 7.11 Å². The molecule has 1 aromatic carbocycles. The molecule has 0 bridgehead atoms. The molecule has 1 aromatic rings. The number of benzene rings is 1. The Morgan fingerprint density at radius 3 is 2.60 bits per heavy atom. The van der Waals surface area contributed by atoms with E-state index in [0.29, 0.717) is 5.56 Å². The molecule has 1 unspecified atom stereocenters. The highest BCUT2D eigenvalue weighted by Gasteiger charge is 2.46. The number of nitrogens with one attached hydrogen (secondary N) is 1. The number of ether oxygens (including phenoxy) is 2. The number of halogens is 1. The van der Waals surface area contributed by atoms with Crippen molar-refractivity contribution in [3.8, 4) is 5.75 Å². The van der Waals surface area contributed by atoms with Gasteiger partial charge < -0.3 is 14.8 Å². The third kappa shape index (κ3) is 2.67. The van der Waals surface area contributed by atoms with Crippen molar-refractivity contribution in [2.24, 2.45) is 0 Å². The Bertz CT molecular complexity index is 441. The molecule has 2 rings (SSSR count). The molecule has 0 amide bonds. The number of hydrogen-bond acceptors (Lipinski definition) is 3. The van der Waals surface area contributed by atoms with Crippen LogP contribution in [0.25, 0.3) is 0 Å². The highest BCUT2D eigenvalue weighted by Crippen LogP contribution is 2.46. The summed E-state index contributed by atoms with van der Waals surface area (Å²) in [5.41, 5.74) is 0.349. The van der Waals surface area contributed by atoms with Crippen molar-refractivity contribution in [2.75, 3.05) is 20.8 Å². The average Bonchev–Trinajstić information content (AvgIpc) is 2.42.